The van der Waals surface area contributed by atoms with Gasteiger partial charge in [-0.2, -0.15) is 13.2 Å². The minimum absolute atomic E-state index is 0.00336. The predicted octanol–water partition coefficient (Wildman–Crippen LogP) is 4.03. The molecular formula is C42H48F4N10O5. The van der Waals surface area contributed by atoms with Crippen molar-refractivity contribution in [1.29, 1.82) is 0 Å². The molecule has 2 aromatic carbocycles. The van der Waals surface area contributed by atoms with E-state index in [2.05, 4.69) is 30.6 Å². The largest absolute Gasteiger partial charge is 0.504 e. The summed E-state index contributed by atoms with van der Waals surface area (Å²) in [6.45, 7) is 6.53. The van der Waals surface area contributed by atoms with Crippen molar-refractivity contribution in [1.82, 2.24) is 35.1 Å². The number of carbonyl (C=O) groups is 4. The highest BCUT2D eigenvalue weighted by Crippen LogP contribution is 2.47. The van der Waals surface area contributed by atoms with E-state index in [1.165, 1.54) is 28.0 Å². The molecule has 324 valence electrons. The molecule has 0 unspecified atom stereocenters. The van der Waals surface area contributed by atoms with E-state index in [1.807, 2.05) is 32.0 Å². The Labute approximate surface area is 349 Å². The fourth-order valence-corrected chi connectivity index (χ4v) is 10.3. The molecule has 61 heavy (non-hydrogen) atoms. The summed E-state index contributed by atoms with van der Waals surface area (Å²) in [6, 6.07) is 9.49. The molecule has 15 nitrogen and oxygen atoms in total. The number of aromatic hydroxyl groups is 1. The summed E-state index contributed by atoms with van der Waals surface area (Å²) < 4.78 is 60.1. The number of phenols is 1. The number of piperidine rings is 2. The number of para-hydroxylation sites is 1. The third kappa shape index (κ3) is 7.13. The van der Waals surface area contributed by atoms with E-state index in [1.54, 1.807) is 9.80 Å². The smallest absolute Gasteiger partial charge is 0.415 e. The quantitative estimate of drug-likeness (QED) is 0.252. The first-order valence-electron chi connectivity index (χ1n) is 20.9. The van der Waals surface area contributed by atoms with Crippen LogP contribution in [-0.2, 0) is 16.1 Å². The molecule has 6 aliphatic heterocycles. The number of hydrogen-bond donors (Lipinski definition) is 3. The lowest BCUT2D eigenvalue weighted by atomic mass is 9.89. The number of piperazine rings is 2. The molecule has 4 fully saturated rings. The first-order chi connectivity index (χ1) is 29.1. The van der Waals surface area contributed by atoms with Gasteiger partial charge in [0.1, 0.15) is 6.04 Å². The summed E-state index contributed by atoms with van der Waals surface area (Å²) in [5.74, 6) is -2.00. The molecule has 9 rings (SSSR count). The van der Waals surface area contributed by atoms with Crippen LogP contribution in [0.2, 0.25) is 0 Å². The number of benzene rings is 2. The number of imide groups is 1. The van der Waals surface area contributed by atoms with Gasteiger partial charge in [0, 0.05) is 87.7 Å². The van der Waals surface area contributed by atoms with E-state index in [9.17, 15) is 28.7 Å². The van der Waals surface area contributed by atoms with Crippen LogP contribution in [0.15, 0.2) is 42.5 Å². The molecule has 0 aliphatic carbocycles. The van der Waals surface area contributed by atoms with Crippen molar-refractivity contribution in [2.24, 2.45) is 5.92 Å². The number of phenolic OH excluding ortho intramolecular Hbond substituents is 1. The summed E-state index contributed by atoms with van der Waals surface area (Å²) >= 11 is 0. The van der Waals surface area contributed by atoms with Gasteiger partial charge in [0.25, 0.3) is 5.91 Å². The van der Waals surface area contributed by atoms with Crippen LogP contribution >= 0.6 is 0 Å². The van der Waals surface area contributed by atoms with Crippen molar-refractivity contribution in [2.75, 3.05) is 74.0 Å². The summed E-state index contributed by atoms with van der Waals surface area (Å²) in [4.78, 5) is 62.2. The van der Waals surface area contributed by atoms with Gasteiger partial charge < -0.3 is 34.9 Å². The van der Waals surface area contributed by atoms with E-state index in [-0.39, 0.29) is 66.2 Å². The zero-order valence-corrected chi connectivity index (χ0v) is 33.9. The summed E-state index contributed by atoms with van der Waals surface area (Å²) in [7, 11) is 0. The minimum atomic E-state index is -4.76. The zero-order chi connectivity index (χ0) is 43.0. The van der Waals surface area contributed by atoms with E-state index in [0.29, 0.717) is 37.5 Å². The van der Waals surface area contributed by atoms with Gasteiger partial charge in [-0.3, -0.25) is 24.6 Å². The molecule has 7 heterocycles. The van der Waals surface area contributed by atoms with Crippen LogP contribution in [0.4, 0.5) is 39.5 Å². The summed E-state index contributed by atoms with van der Waals surface area (Å²) in [5, 5.41) is 23.6. The van der Waals surface area contributed by atoms with E-state index >= 15 is 13.2 Å². The average molecular weight is 849 g/mol. The van der Waals surface area contributed by atoms with Gasteiger partial charge in [-0.1, -0.05) is 12.1 Å². The molecule has 0 radical (unpaired) electrons. The van der Waals surface area contributed by atoms with Gasteiger partial charge >= 0.3 is 12.2 Å². The molecule has 19 heteroatoms. The van der Waals surface area contributed by atoms with E-state index in [4.69, 9.17) is 0 Å². The fourth-order valence-electron chi connectivity index (χ4n) is 10.3. The van der Waals surface area contributed by atoms with Crippen LogP contribution in [0.25, 0.3) is 11.3 Å². The second-order valence-corrected chi connectivity index (χ2v) is 17.3. The van der Waals surface area contributed by atoms with Crippen LogP contribution < -0.4 is 20.4 Å². The lowest BCUT2D eigenvalue weighted by molar-refractivity contribution is -0.191. The number of urea groups is 1. The van der Waals surface area contributed by atoms with Crippen molar-refractivity contribution >= 4 is 40.9 Å². The van der Waals surface area contributed by atoms with Gasteiger partial charge in [-0.05, 0) is 74.9 Å². The second-order valence-electron chi connectivity index (χ2n) is 17.3. The molecule has 0 spiro atoms. The number of carbonyl (C=O) groups excluding carboxylic acids is 4. The van der Waals surface area contributed by atoms with Crippen molar-refractivity contribution in [2.45, 2.75) is 75.9 Å². The Hall–Kier alpha value is -5.72. The van der Waals surface area contributed by atoms with Gasteiger partial charge in [-0.15, -0.1) is 10.2 Å². The van der Waals surface area contributed by atoms with Gasteiger partial charge in [0.15, 0.2) is 22.9 Å². The highest BCUT2D eigenvalue weighted by Gasteiger charge is 2.63. The van der Waals surface area contributed by atoms with E-state index < -0.39 is 54.4 Å². The highest BCUT2D eigenvalue weighted by molar-refractivity contribution is 6.05. The maximum atomic E-state index is 15.3. The van der Waals surface area contributed by atoms with Crippen molar-refractivity contribution in [3.63, 3.8) is 0 Å². The van der Waals surface area contributed by atoms with Gasteiger partial charge in [0.05, 0.1) is 24.5 Å². The Morgan fingerprint density at radius 3 is 2.43 bits per heavy atom. The molecule has 0 saturated carbocycles. The third-order valence-electron chi connectivity index (χ3n) is 13.5. The zero-order valence-electron chi connectivity index (χ0n) is 33.9. The standard InChI is InChI=1S/C42H48F4N10O5/c1-24-18-51(20-26-10-12-52(13-11-26)28-7-6-27-21-54(39(60)30(27)16-28)33-8-9-35(57)48-38(33)59)19-25(2)56(24)40(61)53-14-15-55-34-17-32(29-4-3-5-31(43)36(29)58)49-50-37(34)47-22-41(55,23-53)42(44,45)46/h3-7,16-17,24-26,33,58H,8-15,18-23H2,1-2H3,(H,47,50)(H,48,57,59)/t24-,25-,33-,41+/m1/s1. The maximum absolute atomic E-state index is 15.3. The number of alkyl halides is 3. The number of rotatable bonds is 5. The maximum Gasteiger partial charge on any atom is 0.415 e. The Kier molecular flexibility index (Phi) is 10.2. The summed E-state index contributed by atoms with van der Waals surface area (Å²) in [5.41, 5.74) is 0.0366. The first-order valence-corrected chi connectivity index (χ1v) is 20.9. The molecule has 1 aromatic heterocycles. The number of halogens is 4. The Bertz CT molecular complexity index is 2260. The molecule has 4 atom stereocenters. The number of anilines is 3. The normalized spacial score (nSPS) is 26.2. The number of fused-ring (bicyclic) bond motifs is 4. The SMILES string of the molecule is C[C@@H]1CN(CC2CCN(c3ccc4c(c3)C(=O)N([C@@H]3CCC(=O)NC3=O)C4)CC2)C[C@@H](C)N1C(=O)N1CCN2c3cc(-c4cccc(F)c4O)nnc3NC[C@@]2(C(F)(F)F)C1. The number of nitrogens with zero attached hydrogens (tertiary/aromatic N) is 8. The van der Waals surface area contributed by atoms with Crippen LogP contribution in [-0.4, -0.2) is 147 Å². The van der Waals surface area contributed by atoms with Crippen molar-refractivity contribution in [3.05, 3.63) is 59.4 Å². The van der Waals surface area contributed by atoms with Crippen molar-refractivity contribution < 1.29 is 41.8 Å². The Morgan fingerprint density at radius 1 is 0.951 bits per heavy atom. The minimum Gasteiger partial charge on any atom is -0.504 e. The van der Waals surface area contributed by atoms with Crippen molar-refractivity contribution in [3.8, 4) is 17.0 Å². The number of hydrogen-bond acceptors (Lipinski definition) is 11. The highest BCUT2D eigenvalue weighted by atomic mass is 19.4. The number of nitrogens with one attached hydrogen (secondary N) is 2. The topological polar surface area (TPSA) is 158 Å². The molecule has 3 aromatic rings. The predicted molar refractivity (Wildman–Crippen MR) is 215 cm³/mol. The van der Waals surface area contributed by atoms with Crippen LogP contribution in [0.1, 0.15) is 55.5 Å². The Morgan fingerprint density at radius 2 is 1.70 bits per heavy atom. The fraction of sp³-hybridized carbons (Fsp3) is 0.524. The Balaban J connectivity index is 0.813. The molecule has 0 bridgehead atoms. The van der Waals surface area contributed by atoms with Crippen LogP contribution in [0, 0.1) is 11.7 Å². The first kappa shape index (κ1) is 40.7. The molecule has 6 aliphatic rings. The van der Waals surface area contributed by atoms with E-state index in [0.717, 1.165) is 49.8 Å². The van der Waals surface area contributed by atoms with Gasteiger partial charge in [0.2, 0.25) is 11.8 Å². The molecule has 4 saturated heterocycles. The molecular weight excluding hydrogens is 801 g/mol. The average Bonchev–Trinajstić information content (AvgIpc) is 3.55. The van der Waals surface area contributed by atoms with Gasteiger partial charge in [-0.25, -0.2) is 9.18 Å². The van der Waals surface area contributed by atoms with Crippen LogP contribution in [0.3, 0.4) is 0 Å². The second kappa shape index (κ2) is 15.3. The monoisotopic (exact) mass is 848 g/mol. The lowest BCUT2D eigenvalue weighted by Gasteiger charge is -2.55. The van der Waals surface area contributed by atoms with Crippen LogP contribution in [0.5, 0.6) is 5.75 Å². The molecule has 5 amide bonds. The lowest BCUT2D eigenvalue weighted by Crippen LogP contribution is -2.75. The third-order valence-corrected chi connectivity index (χ3v) is 13.5. The molecule has 3 N–H and O–H groups in total. The summed E-state index contributed by atoms with van der Waals surface area (Å²) in [6.07, 6.45) is -2.40. The number of amides is 5. The number of aromatic nitrogens is 2.